The van der Waals surface area contributed by atoms with Crippen LogP contribution in [0.25, 0.3) is 11.1 Å². The molecule has 0 atom stereocenters. The highest BCUT2D eigenvalue weighted by atomic mass is 16.6. The molecule has 0 saturated heterocycles. The highest BCUT2D eigenvalue weighted by molar-refractivity contribution is 6.12. The van der Waals surface area contributed by atoms with Gasteiger partial charge in [-0.15, -0.1) is 0 Å². The van der Waals surface area contributed by atoms with Crippen molar-refractivity contribution in [1.82, 2.24) is 4.98 Å². The highest BCUT2D eigenvalue weighted by Crippen LogP contribution is 2.37. The van der Waals surface area contributed by atoms with Crippen LogP contribution < -0.4 is 20.1 Å². The summed E-state index contributed by atoms with van der Waals surface area (Å²) in [6, 6.07) is 19.7. The van der Waals surface area contributed by atoms with Gasteiger partial charge in [0.15, 0.2) is 5.75 Å². The molecule has 1 aromatic heterocycles. The summed E-state index contributed by atoms with van der Waals surface area (Å²) in [6.07, 6.45) is 2.37. The summed E-state index contributed by atoms with van der Waals surface area (Å²) in [5.74, 6) is 0.524. The van der Waals surface area contributed by atoms with E-state index in [1.54, 1.807) is 30.5 Å². The maximum atomic E-state index is 13.0. The quantitative estimate of drug-likeness (QED) is 0.242. The Balaban J connectivity index is 1.36. The van der Waals surface area contributed by atoms with E-state index in [0.29, 0.717) is 35.8 Å². The summed E-state index contributed by atoms with van der Waals surface area (Å²) in [4.78, 5) is 28.0. The van der Waals surface area contributed by atoms with Crippen LogP contribution in [0.4, 0.5) is 22.7 Å². The normalized spacial score (nSPS) is 11.9. The molecule has 0 radical (unpaired) electrons. The van der Waals surface area contributed by atoms with Gasteiger partial charge in [-0.25, -0.2) is 4.98 Å². The Labute approximate surface area is 213 Å². The topological polar surface area (TPSA) is 116 Å². The van der Waals surface area contributed by atoms with Gasteiger partial charge in [0.05, 0.1) is 41.3 Å². The molecule has 0 fully saturated rings. The van der Waals surface area contributed by atoms with E-state index in [0.717, 1.165) is 27.9 Å². The number of nitro groups is 1. The van der Waals surface area contributed by atoms with E-state index in [9.17, 15) is 14.9 Å². The van der Waals surface area contributed by atoms with E-state index in [1.165, 1.54) is 13.2 Å². The summed E-state index contributed by atoms with van der Waals surface area (Å²) >= 11 is 0. The average Bonchev–Trinajstić information content (AvgIpc) is 3.03. The first-order valence-corrected chi connectivity index (χ1v) is 11.6. The zero-order valence-electron chi connectivity index (χ0n) is 20.3. The molecule has 1 aliphatic heterocycles. The molecule has 2 heterocycles. The first kappa shape index (κ1) is 23.8. The minimum atomic E-state index is -0.484. The number of fused-ring (bicyclic) bond motifs is 2. The van der Waals surface area contributed by atoms with Crippen molar-refractivity contribution < 1.29 is 19.2 Å². The number of nitro benzene ring substituents is 1. The summed E-state index contributed by atoms with van der Waals surface area (Å²) in [7, 11) is 1.39. The number of nitrogens with one attached hydrogen (secondary N) is 2. The van der Waals surface area contributed by atoms with E-state index in [-0.39, 0.29) is 17.3 Å². The largest absolute Gasteiger partial charge is 0.490 e. The van der Waals surface area contributed by atoms with Crippen LogP contribution in [0.5, 0.6) is 11.6 Å². The number of hydrogen-bond donors (Lipinski definition) is 2. The Morgan fingerprint density at radius 1 is 0.919 bits per heavy atom. The van der Waals surface area contributed by atoms with Crippen molar-refractivity contribution in [1.29, 1.82) is 0 Å². The summed E-state index contributed by atoms with van der Waals surface area (Å²) < 4.78 is 11.0. The fourth-order valence-corrected chi connectivity index (χ4v) is 4.19. The van der Waals surface area contributed by atoms with Crippen molar-refractivity contribution in [2.24, 2.45) is 0 Å². The van der Waals surface area contributed by atoms with Gasteiger partial charge >= 0.3 is 5.69 Å². The summed E-state index contributed by atoms with van der Waals surface area (Å²) in [6.45, 7) is 2.44. The second-order valence-corrected chi connectivity index (χ2v) is 8.63. The van der Waals surface area contributed by atoms with Gasteiger partial charge in [0, 0.05) is 24.8 Å². The van der Waals surface area contributed by atoms with Crippen LogP contribution in [0.1, 0.15) is 21.5 Å². The molecule has 0 unspecified atom stereocenters. The number of anilines is 3. The van der Waals surface area contributed by atoms with Crippen molar-refractivity contribution >= 4 is 28.7 Å². The predicted octanol–water partition coefficient (Wildman–Crippen LogP) is 5.90. The number of aromatic nitrogens is 1. The number of benzene rings is 3. The molecule has 0 aliphatic carbocycles. The molecular weight excluding hydrogens is 472 g/mol. The van der Waals surface area contributed by atoms with E-state index < -0.39 is 4.92 Å². The van der Waals surface area contributed by atoms with Crippen molar-refractivity contribution in [3.63, 3.8) is 0 Å². The van der Waals surface area contributed by atoms with Crippen LogP contribution in [0.15, 0.2) is 72.9 Å². The maximum absolute atomic E-state index is 13.0. The number of aryl methyl sites for hydroxylation is 1. The van der Waals surface area contributed by atoms with Crippen LogP contribution in [0.2, 0.25) is 0 Å². The molecule has 186 valence electrons. The van der Waals surface area contributed by atoms with E-state index >= 15 is 0 Å². The second-order valence-electron chi connectivity index (χ2n) is 8.63. The lowest BCUT2D eigenvalue weighted by Gasteiger charge is -2.12. The van der Waals surface area contributed by atoms with Crippen LogP contribution in [0, 0.1) is 17.0 Å². The Bertz CT molecular complexity index is 1520. The predicted molar refractivity (Wildman–Crippen MR) is 141 cm³/mol. The lowest BCUT2D eigenvalue weighted by Crippen LogP contribution is -2.11. The van der Waals surface area contributed by atoms with Gasteiger partial charge in [0.1, 0.15) is 0 Å². The zero-order valence-corrected chi connectivity index (χ0v) is 20.3. The first-order chi connectivity index (χ1) is 17.9. The smallest absolute Gasteiger partial charge is 0.310 e. The first-order valence-electron chi connectivity index (χ1n) is 11.6. The SMILES string of the molecule is COc1cc(-c2ccc3c(c2)Nc2ccc(CCOc4cc(C)ccn4)cc2NC3=O)ccc1[N+](=O)[O-]. The standard InChI is InChI=1S/C28H24N4O5/c1-17-9-11-29-27(13-17)37-12-10-18-3-7-22-24(14-18)31-28(33)21-6-4-19(15-23(21)30-22)20-5-8-25(32(34)35)26(16-20)36-2/h3-9,11,13-16,30H,10,12H2,1-2H3,(H,31,33). The Hall–Kier alpha value is -4.92. The molecule has 2 N–H and O–H groups in total. The lowest BCUT2D eigenvalue weighted by molar-refractivity contribution is -0.385. The van der Waals surface area contributed by atoms with Crippen LogP contribution in [-0.2, 0) is 6.42 Å². The number of ether oxygens (including phenoxy) is 2. The third-order valence-electron chi connectivity index (χ3n) is 6.11. The van der Waals surface area contributed by atoms with Gasteiger partial charge in [-0.3, -0.25) is 14.9 Å². The number of amides is 1. The van der Waals surface area contributed by atoms with E-state index in [1.807, 2.05) is 43.3 Å². The fourth-order valence-electron chi connectivity index (χ4n) is 4.19. The van der Waals surface area contributed by atoms with Crippen LogP contribution in [-0.4, -0.2) is 29.5 Å². The summed E-state index contributed by atoms with van der Waals surface area (Å²) in [5, 5.41) is 17.6. The van der Waals surface area contributed by atoms with E-state index in [4.69, 9.17) is 9.47 Å². The molecule has 3 aromatic carbocycles. The molecular formula is C28H24N4O5. The zero-order chi connectivity index (χ0) is 25.9. The molecule has 0 spiro atoms. The Morgan fingerprint density at radius 2 is 1.73 bits per heavy atom. The number of rotatable bonds is 7. The van der Waals surface area contributed by atoms with Gasteiger partial charge in [-0.1, -0.05) is 12.1 Å². The number of nitrogens with zero attached hydrogens (tertiary/aromatic N) is 2. The molecule has 1 amide bonds. The van der Waals surface area contributed by atoms with Gasteiger partial charge in [-0.05, 0) is 71.6 Å². The number of methoxy groups -OCH3 is 1. The van der Waals surface area contributed by atoms with Crippen LogP contribution >= 0.6 is 0 Å². The fraction of sp³-hybridized carbons (Fsp3) is 0.143. The van der Waals surface area contributed by atoms with Gasteiger partial charge < -0.3 is 20.1 Å². The van der Waals surface area contributed by atoms with Crippen molar-refractivity contribution in [2.75, 3.05) is 24.4 Å². The van der Waals surface area contributed by atoms with Crippen molar-refractivity contribution in [2.45, 2.75) is 13.3 Å². The lowest BCUT2D eigenvalue weighted by atomic mass is 10.0. The molecule has 37 heavy (non-hydrogen) atoms. The highest BCUT2D eigenvalue weighted by Gasteiger charge is 2.21. The Kier molecular flexibility index (Phi) is 6.42. The number of carbonyl (C=O) groups excluding carboxylic acids is 1. The number of pyridine rings is 1. The molecule has 0 bridgehead atoms. The van der Waals surface area contributed by atoms with Crippen molar-refractivity contribution in [3.05, 3.63) is 99.7 Å². The average molecular weight is 497 g/mol. The minimum absolute atomic E-state index is 0.108. The number of hydrogen-bond acceptors (Lipinski definition) is 7. The molecule has 9 heteroatoms. The monoisotopic (exact) mass is 496 g/mol. The molecule has 4 aromatic rings. The second kappa shape index (κ2) is 9.98. The maximum Gasteiger partial charge on any atom is 0.310 e. The Morgan fingerprint density at radius 3 is 2.51 bits per heavy atom. The van der Waals surface area contributed by atoms with Gasteiger partial charge in [-0.2, -0.15) is 0 Å². The molecule has 9 nitrogen and oxygen atoms in total. The molecule has 0 saturated carbocycles. The number of carbonyl (C=O) groups is 1. The van der Waals surface area contributed by atoms with Crippen LogP contribution in [0.3, 0.4) is 0 Å². The van der Waals surface area contributed by atoms with Gasteiger partial charge in [0.2, 0.25) is 5.88 Å². The van der Waals surface area contributed by atoms with E-state index in [2.05, 4.69) is 15.6 Å². The third kappa shape index (κ3) is 5.06. The molecule has 1 aliphatic rings. The summed E-state index contributed by atoms with van der Waals surface area (Å²) in [5.41, 5.74) is 6.06. The van der Waals surface area contributed by atoms with Crippen molar-refractivity contribution in [3.8, 4) is 22.8 Å². The third-order valence-corrected chi connectivity index (χ3v) is 6.11. The molecule has 5 rings (SSSR count). The minimum Gasteiger partial charge on any atom is -0.490 e. The van der Waals surface area contributed by atoms with Gasteiger partial charge in [0.25, 0.3) is 5.91 Å².